The molecule has 0 saturated carbocycles. The summed E-state index contributed by atoms with van der Waals surface area (Å²) in [6.45, 7) is 6.77. The third-order valence-corrected chi connectivity index (χ3v) is 3.39. The van der Waals surface area contributed by atoms with Gasteiger partial charge in [0, 0.05) is 24.8 Å². The first-order valence-electron chi connectivity index (χ1n) is 6.41. The van der Waals surface area contributed by atoms with Crippen molar-refractivity contribution < 1.29 is 4.74 Å². The SMILES string of the molecule is CC(C)N1CCC(Oc2ccc(N)cc2)CC1. The Hall–Kier alpha value is -1.22. The number of rotatable bonds is 3. The Morgan fingerprint density at radius 1 is 1.18 bits per heavy atom. The van der Waals surface area contributed by atoms with E-state index >= 15 is 0 Å². The molecule has 1 aromatic rings. The van der Waals surface area contributed by atoms with E-state index in [9.17, 15) is 0 Å². The van der Waals surface area contributed by atoms with Crippen molar-refractivity contribution in [1.29, 1.82) is 0 Å². The molecule has 1 saturated heterocycles. The van der Waals surface area contributed by atoms with Crippen molar-refractivity contribution in [1.82, 2.24) is 4.90 Å². The van der Waals surface area contributed by atoms with E-state index in [2.05, 4.69) is 18.7 Å². The number of nitrogens with two attached hydrogens (primary N) is 1. The number of hydrogen-bond acceptors (Lipinski definition) is 3. The summed E-state index contributed by atoms with van der Waals surface area (Å²) in [5.74, 6) is 0.933. The monoisotopic (exact) mass is 234 g/mol. The molecular formula is C14H22N2O. The highest BCUT2D eigenvalue weighted by Crippen LogP contribution is 2.20. The van der Waals surface area contributed by atoms with Crippen LogP contribution in [0.2, 0.25) is 0 Å². The Labute approximate surface area is 104 Å². The molecule has 94 valence electrons. The number of likely N-dealkylation sites (tertiary alicyclic amines) is 1. The Kier molecular flexibility index (Phi) is 3.89. The van der Waals surface area contributed by atoms with E-state index in [1.54, 1.807) is 0 Å². The Morgan fingerprint density at radius 3 is 2.29 bits per heavy atom. The predicted molar refractivity (Wildman–Crippen MR) is 71.2 cm³/mol. The molecule has 3 nitrogen and oxygen atoms in total. The van der Waals surface area contributed by atoms with Crippen LogP contribution < -0.4 is 10.5 Å². The minimum Gasteiger partial charge on any atom is -0.490 e. The maximum atomic E-state index is 5.96. The molecule has 2 rings (SSSR count). The van der Waals surface area contributed by atoms with Gasteiger partial charge in [0.2, 0.25) is 0 Å². The summed E-state index contributed by atoms with van der Waals surface area (Å²) in [7, 11) is 0. The average Bonchev–Trinajstić information content (AvgIpc) is 2.33. The zero-order valence-electron chi connectivity index (χ0n) is 10.7. The van der Waals surface area contributed by atoms with Gasteiger partial charge in [-0.2, -0.15) is 0 Å². The second-order valence-electron chi connectivity index (χ2n) is 5.02. The summed E-state index contributed by atoms with van der Waals surface area (Å²) >= 11 is 0. The molecule has 1 aliphatic heterocycles. The van der Waals surface area contributed by atoms with Crippen molar-refractivity contribution in [3.05, 3.63) is 24.3 Å². The third kappa shape index (κ3) is 3.37. The second kappa shape index (κ2) is 5.41. The molecular weight excluding hydrogens is 212 g/mol. The van der Waals surface area contributed by atoms with Gasteiger partial charge in [-0.25, -0.2) is 0 Å². The largest absolute Gasteiger partial charge is 0.490 e. The van der Waals surface area contributed by atoms with Crippen LogP contribution in [0.25, 0.3) is 0 Å². The average molecular weight is 234 g/mol. The minimum absolute atomic E-state index is 0.355. The predicted octanol–water partition coefficient (Wildman–Crippen LogP) is 2.52. The summed E-state index contributed by atoms with van der Waals surface area (Å²) in [5, 5.41) is 0. The topological polar surface area (TPSA) is 38.5 Å². The lowest BCUT2D eigenvalue weighted by Crippen LogP contribution is -2.41. The van der Waals surface area contributed by atoms with Crippen LogP contribution in [0.15, 0.2) is 24.3 Å². The number of anilines is 1. The van der Waals surface area contributed by atoms with Crippen LogP contribution in [0.5, 0.6) is 5.75 Å². The number of nitrogens with zero attached hydrogens (tertiary/aromatic N) is 1. The molecule has 0 aromatic heterocycles. The molecule has 0 spiro atoms. The van der Waals surface area contributed by atoms with E-state index < -0.39 is 0 Å². The highest BCUT2D eigenvalue weighted by molar-refractivity contribution is 5.41. The van der Waals surface area contributed by atoms with E-state index in [1.807, 2.05) is 24.3 Å². The molecule has 0 bridgehead atoms. The van der Waals surface area contributed by atoms with Gasteiger partial charge in [-0.3, -0.25) is 0 Å². The van der Waals surface area contributed by atoms with Gasteiger partial charge in [0.25, 0.3) is 0 Å². The zero-order chi connectivity index (χ0) is 12.3. The fourth-order valence-electron chi connectivity index (χ4n) is 2.25. The first-order valence-corrected chi connectivity index (χ1v) is 6.41. The smallest absolute Gasteiger partial charge is 0.119 e. The number of ether oxygens (including phenoxy) is 1. The van der Waals surface area contributed by atoms with Crippen LogP contribution in [0, 0.1) is 0 Å². The van der Waals surface area contributed by atoms with Gasteiger partial charge in [0.05, 0.1) is 0 Å². The van der Waals surface area contributed by atoms with Crippen LogP contribution in [-0.2, 0) is 0 Å². The molecule has 1 aliphatic rings. The van der Waals surface area contributed by atoms with Gasteiger partial charge in [0.1, 0.15) is 11.9 Å². The van der Waals surface area contributed by atoms with Crippen LogP contribution in [0.4, 0.5) is 5.69 Å². The van der Waals surface area contributed by atoms with Crippen molar-refractivity contribution in [2.75, 3.05) is 18.8 Å². The molecule has 0 aliphatic carbocycles. The quantitative estimate of drug-likeness (QED) is 0.817. The molecule has 0 amide bonds. The van der Waals surface area contributed by atoms with Crippen molar-refractivity contribution in [3.8, 4) is 5.75 Å². The molecule has 1 fully saturated rings. The van der Waals surface area contributed by atoms with E-state index in [0.29, 0.717) is 12.1 Å². The minimum atomic E-state index is 0.355. The molecule has 2 N–H and O–H groups in total. The molecule has 0 radical (unpaired) electrons. The molecule has 1 aromatic carbocycles. The van der Waals surface area contributed by atoms with E-state index in [1.165, 1.54) is 0 Å². The summed E-state index contributed by atoms with van der Waals surface area (Å²) in [6.07, 6.45) is 2.58. The lowest BCUT2D eigenvalue weighted by atomic mass is 10.1. The van der Waals surface area contributed by atoms with Gasteiger partial charge >= 0.3 is 0 Å². The zero-order valence-corrected chi connectivity index (χ0v) is 10.7. The van der Waals surface area contributed by atoms with Crippen molar-refractivity contribution >= 4 is 5.69 Å². The van der Waals surface area contributed by atoms with Crippen molar-refractivity contribution in [2.45, 2.75) is 38.8 Å². The first-order chi connectivity index (χ1) is 8.15. The molecule has 3 heteroatoms. The lowest BCUT2D eigenvalue weighted by molar-refractivity contribution is 0.0843. The fourth-order valence-corrected chi connectivity index (χ4v) is 2.25. The Balaban J connectivity index is 1.84. The molecule has 1 heterocycles. The molecule has 17 heavy (non-hydrogen) atoms. The van der Waals surface area contributed by atoms with E-state index in [0.717, 1.165) is 37.4 Å². The van der Waals surface area contributed by atoms with Crippen LogP contribution in [0.3, 0.4) is 0 Å². The first kappa shape index (κ1) is 12.2. The Morgan fingerprint density at radius 2 is 1.76 bits per heavy atom. The molecule has 0 atom stereocenters. The lowest BCUT2D eigenvalue weighted by Gasteiger charge is -2.34. The number of hydrogen-bond donors (Lipinski definition) is 1. The summed E-state index contributed by atoms with van der Waals surface area (Å²) < 4.78 is 5.96. The van der Waals surface area contributed by atoms with Crippen LogP contribution in [-0.4, -0.2) is 30.1 Å². The highest BCUT2D eigenvalue weighted by Gasteiger charge is 2.21. The van der Waals surface area contributed by atoms with E-state index in [4.69, 9.17) is 10.5 Å². The maximum absolute atomic E-state index is 5.96. The highest BCUT2D eigenvalue weighted by atomic mass is 16.5. The van der Waals surface area contributed by atoms with Crippen molar-refractivity contribution in [3.63, 3.8) is 0 Å². The van der Waals surface area contributed by atoms with Gasteiger partial charge in [-0.1, -0.05) is 0 Å². The van der Waals surface area contributed by atoms with Crippen LogP contribution >= 0.6 is 0 Å². The molecule has 0 unspecified atom stereocenters. The standard InChI is InChI=1S/C14H22N2O/c1-11(2)16-9-7-14(8-10-16)17-13-5-3-12(15)4-6-13/h3-6,11,14H,7-10,15H2,1-2H3. The summed E-state index contributed by atoms with van der Waals surface area (Å²) in [4.78, 5) is 2.50. The third-order valence-electron chi connectivity index (χ3n) is 3.39. The Bertz CT molecular complexity index is 340. The van der Waals surface area contributed by atoms with Crippen LogP contribution in [0.1, 0.15) is 26.7 Å². The van der Waals surface area contributed by atoms with E-state index in [-0.39, 0.29) is 0 Å². The van der Waals surface area contributed by atoms with Crippen molar-refractivity contribution in [2.24, 2.45) is 0 Å². The number of benzene rings is 1. The maximum Gasteiger partial charge on any atom is 0.119 e. The fraction of sp³-hybridized carbons (Fsp3) is 0.571. The summed E-state index contributed by atoms with van der Waals surface area (Å²) in [6, 6.07) is 8.32. The van der Waals surface area contributed by atoms with Gasteiger partial charge in [-0.15, -0.1) is 0 Å². The number of nitrogen functional groups attached to an aromatic ring is 1. The van der Waals surface area contributed by atoms with Gasteiger partial charge < -0.3 is 15.4 Å². The number of piperidine rings is 1. The normalized spacial score (nSPS) is 18.5. The van der Waals surface area contributed by atoms with Gasteiger partial charge in [0.15, 0.2) is 0 Å². The summed E-state index contributed by atoms with van der Waals surface area (Å²) in [5.41, 5.74) is 6.43. The second-order valence-corrected chi connectivity index (χ2v) is 5.02. The van der Waals surface area contributed by atoms with Gasteiger partial charge in [-0.05, 0) is 51.0 Å².